The van der Waals surface area contributed by atoms with Gasteiger partial charge in [0.1, 0.15) is 5.65 Å². The van der Waals surface area contributed by atoms with Crippen LogP contribution >= 0.6 is 0 Å². The lowest BCUT2D eigenvalue weighted by Crippen LogP contribution is -2.11. The zero-order valence-electron chi connectivity index (χ0n) is 13.8. The van der Waals surface area contributed by atoms with Crippen LogP contribution < -0.4 is 5.73 Å². The number of anilines is 1. The van der Waals surface area contributed by atoms with Crippen molar-refractivity contribution in [2.75, 3.05) is 5.73 Å². The third-order valence-corrected chi connectivity index (χ3v) is 5.12. The van der Waals surface area contributed by atoms with Crippen molar-refractivity contribution in [3.63, 3.8) is 0 Å². The Bertz CT molecular complexity index is 878. The minimum Gasteiger partial charge on any atom is -0.398 e. The monoisotopic (exact) mass is 306 g/mol. The fourth-order valence-electron chi connectivity index (χ4n) is 3.71. The van der Waals surface area contributed by atoms with Crippen LogP contribution in [0.5, 0.6) is 0 Å². The first kappa shape index (κ1) is 14.2. The number of hydrogen-bond donors (Lipinski definition) is 1. The number of hydrogen-bond acceptors (Lipinski definition) is 3. The highest BCUT2D eigenvalue weighted by Crippen LogP contribution is 2.35. The lowest BCUT2D eigenvalue weighted by Gasteiger charge is -2.18. The summed E-state index contributed by atoms with van der Waals surface area (Å²) in [5.74, 6) is 0. The van der Waals surface area contributed by atoms with E-state index in [9.17, 15) is 0 Å². The maximum atomic E-state index is 6.55. The molecule has 0 aliphatic heterocycles. The highest BCUT2D eigenvalue weighted by Gasteiger charge is 2.22. The van der Waals surface area contributed by atoms with E-state index in [0.717, 1.165) is 41.8 Å². The number of fused-ring (bicyclic) bond motifs is 2. The van der Waals surface area contributed by atoms with Gasteiger partial charge in [-0.1, -0.05) is 6.07 Å². The zero-order chi connectivity index (χ0) is 16.0. The molecule has 23 heavy (non-hydrogen) atoms. The Labute approximate surface area is 136 Å². The first-order valence-corrected chi connectivity index (χ1v) is 8.33. The lowest BCUT2D eigenvalue weighted by atomic mass is 9.93. The van der Waals surface area contributed by atoms with Gasteiger partial charge in [-0.05, 0) is 62.8 Å². The Morgan fingerprint density at radius 2 is 2.00 bits per heavy atom. The molecule has 0 unspecified atom stereocenters. The predicted molar refractivity (Wildman–Crippen MR) is 93.6 cm³/mol. The van der Waals surface area contributed by atoms with E-state index < -0.39 is 0 Å². The van der Waals surface area contributed by atoms with Gasteiger partial charge in [-0.15, -0.1) is 0 Å². The van der Waals surface area contributed by atoms with Crippen molar-refractivity contribution in [3.05, 3.63) is 52.6 Å². The molecule has 0 saturated heterocycles. The van der Waals surface area contributed by atoms with Crippen LogP contribution in [0.25, 0.3) is 11.0 Å². The summed E-state index contributed by atoms with van der Waals surface area (Å²) in [7, 11) is 0. The van der Waals surface area contributed by atoms with Gasteiger partial charge in [0.2, 0.25) is 0 Å². The predicted octanol–water partition coefficient (Wildman–Crippen LogP) is 3.56. The maximum absolute atomic E-state index is 6.55. The largest absolute Gasteiger partial charge is 0.398 e. The second-order valence-electron chi connectivity index (χ2n) is 6.47. The third kappa shape index (κ3) is 2.21. The maximum Gasteiger partial charge on any atom is 0.143 e. The van der Waals surface area contributed by atoms with Gasteiger partial charge in [0.05, 0.1) is 12.2 Å². The van der Waals surface area contributed by atoms with E-state index >= 15 is 0 Å². The molecule has 0 fully saturated rings. The summed E-state index contributed by atoms with van der Waals surface area (Å²) < 4.78 is 2.26. The molecular weight excluding hydrogens is 284 g/mol. The van der Waals surface area contributed by atoms with E-state index in [1.165, 1.54) is 35.4 Å². The molecule has 0 aromatic carbocycles. The van der Waals surface area contributed by atoms with E-state index in [4.69, 9.17) is 10.7 Å². The fraction of sp³-hybridized carbons (Fsp3) is 0.368. The molecule has 3 heterocycles. The molecule has 0 saturated carbocycles. The molecule has 4 nitrogen and oxygen atoms in total. The Kier molecular flexibility index (Phi) is 3.33. The zero-order valence-corrected chi connectivity index (χ0v) is 13.8. The van der Waals surface area contributed by atoms with Crippen LogP contribution in [0.3, 0.4) is 0 Å². The molecule has 3 aromatic heterocycles. The molecule has 0 atom stereocenters. The van der Waals surface area contributed by atoms with E-state index in [1.807, 2.05) is 18.3 Å². The van der Waals surface area contributed by atoms with Crippen LogP contribution in [0.4, 0.5) is 5.69 Å². The SMILES string of the molecule is Cc1c(C)n(Cc2ccccn2)c2nc3c(c(N)c12)CCCC3. The topological polar surface area (TPSA) is 56.7 Å². The first-order chi connectivity index (χ1) is 11.2. The number of pyridine rings is 2. The molecule has 0 bridgehead atoms. The number of nitrogen functional groups attached to an aromatic ring is 1. The second kappa shape index (κ2) is 5.37. The smallest absolute Gasteiger partial charge is 0.143 e. The van der Waals surface area contributed by atoms with Gasteiger partial charge in [-0.3, -0.25) is 4.98 Å². The summed E-state index contributed by atoms with van der Waals surface area (Å²) in [4.78, 5) is 9.47. The molecule has 4 heteroatoms. The number of aryl methyl sites for hydroxylation is 2. The van der Waals surface area contributed by atoms with Gasteiger partial charge >= 0.3 is 0 Å². The van der Waals surface area contributed by atoms with Crippen LogP contribution in [0.15, 0.2) is 24.4 Å². The number of aromatic nitrogens is 3. The van der Waals surface area contributed by atoms with Gasteiger partial charge in [0, 0.05) is 28.7 Å². The van der Waals surface area contributed by atoms with Crippen molar-refractivity contribution in [3.8, 4) is 0 Å². The number of nitrogens with two attached hydrogens (primary N) is 1. The lowest BCUT2D eigenvalue weighted by molar-refractivity contribution is 0.669. The highest BCUT2D eigenvalue weighted by atomic mass is 15.1. The summed E-state index contributed by atoms with van der Waals surface area (Å²) in [5.41, 5.74) is 14.5. The van der Waals surface area contributed by atoms with Crippen molar-refractivity contribution in [2.45, 2.75) is 46.1 Å². The van der Waals surface area contributed by atoms with Crippen molar-refractivity contribution in [1.82, 2.24) is 14.5 Å². The Morgan fingerprint density at radius 3 is 2.78 bits per heavy atom. The minimum atomic E-state index is 0.738. The van der Waals surface area contributed by atoms with Gasteiger partial charge in [-0.25, -0.2) is 4.98 Å². The summed E-state index contributed by atoms with van der Waals surface area (Å²) in [6.45, 7) is 5.04. The van der Waals surface area contributed by atoms with Gasteiger partial charge < -0.3 is 10.3 Å². The van der Waals surface area contributed by atoms with E-state index in [1.54, 1.807) is 0 Å². The summed E-state index contributed by atoms with van der Waals surface area (Å²) in [6.07, 6.45) is 6.38. The first-order valence-electron chi connectivity index (χ1n) is 8.33. The van der Waals surface area contributed by atoms with E-state index in [-0.39, 0.29) is 0 Å². The summed E-state index contributed by atoms with van der Waals surface area (Å²) >= 11 is 0. The normalized spacial score (nSPS) is 14.2. The fourth-order valence-corrected chi connectivity index (χ4v) is 3.71. The molecule has 1 aliphatic rings. The van der Waals surface area contributed by atoms with Gasteiger partial charge in [0.25, 0.3) is 0 Å². The van der Waals surface area contributed by atoms with Crippen molar-refractivity contribution in [1.29, 1.82) is 0 Å². The van der Waals surface area contributed by atoms with E-state index in [0.29, 0.717) is 0 Å². The van der Waals surface area contributed by atoms with Crippen molar-refractivity contribution >= 4 is 16.7 Å². The molecule has 0 amide bonds. The van der Waals surface area contributed by atoms with E-state index in [2.05, 4.69) is 29.5 Å². The van der Waals surface area contributed by atoms with Crippen LogP contribution in [-0.2, 0) is 19.4 Å². The van der Waals surface area contributed by atoms with Crippen molar-refractivity contribution in [2.24, 2.45) is 0 Å². The van der Waals surface area contributed by atoms with Crippen LogP contribution in [0.2, 0.25) is 0 Å². The molecule has 2 N–H and O–H groups in total. The summed E-state index contributed by atoms with van der Waals surface area (Å²) in [6, 6.07) is 6.03. The highest BCUT2D eigenvalue weighted by molar-refractivity contribution is 5.95. The van der Waals surface area contributed by atoms with Gasteiger partial charge in [-0.2, -0.15) is 0 Å². The van der Waals surface area contributed by atoms with Gasteiger partial charge in [0.15, 0.2) is 0 Å². The average molecular weight is 306 g/mol. The minimum absolute atomic E-state index is 0.738. The Morgan fingerprint density at radius 1 is 1.17 bits per heavy atom. The van der Waals surface area contributed by atoms with Crippen molar-refractivity contribution < 1.29 is 0 Å². The molecule has 0 spiro atoms. The molecule has 0 radical (unpaired) electrons. The standard InChI is InChI=1S/C19H22N4/c1-12-13(2)23(11-14-7-5-6-10-21-14)19-17(12)18(20)15-8-3-4-9-16(15)22-19/h5-7,10H,3-4,8-9,11H2,1-2H3,(H2,20,22). The van der Waals surface area contributed by atoms with Crippen LogP contribution in [0, 0.1) is 13.8 Å². The quantitative estimate of drug-likeness (QED) is 0.787. The number of rotatable bonds is 2. The summed E-state index contributed by atoms with van der Waals surface area (Å²) in [5, 5.41) is 1.14. The molecule has 4 rings (SSSR count). The second-order valence-corrected chi connectivity index (χ2v) is 6.47. The van der Waals surface area contributed by atoms with Crippen LogP contribution in [-0.4, -0.2) is 14.5 Å². The molecular formula is C19H22N4. The molecule has 118 valence electrons. The Balaban J connectivity index is 1.94. The van der Waals surface area contributed by atoms with Crippen LogP contribution in [0.1, 0.15) is 41.1 Å². The number of nitrogens with zero attached hydrogens (tertiary/aromatic N) is 3. The average Bonchev–Trinajstić information content (AvgIpc) is 2.81. The third-order valence-electron chi connectivity index (χ3n) is 5.12. The molecule has 1 aliphatic carbocycles. The Hall–Kier alpha value is -2.36. The molecule has 3 aromatic rings.